The fourth-order valence-corrected chi connectivity index (χ4v) is 3.84. The monoisotopic (exact) mass is 401 g/mol. The number of sulfonamides is 1. The molecule has 7 heteroatoms. The number of carbonyl (C=O) groups is 1. The van der Waals surface area contributed by atoms with Gasteiger partial charge < -0.3 is 0 Å². The van der Waals surface area contributed by atoms with E-state index in [-0.39, 0.29) is 10.8 Å². The number of rotatable bonds is 8. The van der Waals surface area contributed by atoms with Gasteiger partial charge >= 0.3 is 0 Å². The number of nitrogens with zero attached hydrogens (tertiary/aromatic N) is 1. The van der Waals surface area contributed by atoms with Crippen LogP contribution in [0.25, 0.3) is 0 Å². The number of amides is 1. The summed E-state index contributed by atoms with van der Waals surface area (Å²) in [5.74, 6) is -0.369. The first-order valence-electron chi connectivity index (χ1n) is 9.16. The van der Waals surface area contributed by atoms with Gasteiger partial charge in [-0.2, -0.15) is 9.82 Å². The fourth-order valence-electron chi connectivity index (χ4n) is 2.63. The second-order valence-corrected chi connectivity index (χ2v) is 8.92. The van der Waals surface area contributed by atoms with Crippen molar-refractivity contribution < 1.29 is 13.2 Å². The molecule has 2 aromatic rings. The molecule has 0 saturated heterocycles. The molecule has 0 bridgehead atoms. The SMILES string of the molecule is Cc1ccc(S(=O)(=O)N[C@H](CC(C)C)C(=O)N/N=C\c2ccccc2C)cc1. The molecular weight excluding hydrogens is 374 g/mol. The predicted octanol–water partition coefficient (Wildman–Crippen LogP) is 3.15. The molecule has 2 N–H and O–H groups in total. The number of aryl methyl sites for hydroxylation is 2. The van der Waals surface area contributed by atoms with Gasteiger partial charge in [-0.3, -0.25) is 4.79 Å². The van der Waals surface area contributed by atoms with E-state index in [1.807, 2.05) is 52.0 Å². The minimum absolute atomic E-state index is 0.122. The van der Waals surface area contributed by atoms with E-state index >= 15 is 0 Å². The number of benzene rings is 2. The van der Waals surface area contributed by atoms with Crippen molar-refractivity contribution in [3.63, 3.8) is 0 Å². The lowest BCUT2D eigenvalue weighted by atomic mass is 10.0. The van der Waals surface area contributed by atoms with Crippen molar-refractivity contribution >= 4 is 22.1 Å². The summed E-state index contributed by atoms with van der Waals surface area (Å²) in [7, 11) is -3.81. The van der Waals surface area contributed by atoms with E-state index in [2.05, 4.69) is 15.2 Å². The highest BCUT2D eigenvalue weighted by molar-refractivity contribution is 7.89. The molecule has 150 valence electrons. The van der Waals surface area contributed by atoms with Crippen LogP contribution >= 0.6 is 0 Å². The molecule has 0 aliphatic rings. The number of hydrogen-bond donors (Lipinski definition) is 2. The van der Waals surface area contributed by atoms with Crippen LogP contribution in [0.1, 0.15) is 37.0 Å². The van der Waals surface area contributed by atoms with Crippen LogP contribution in [0.3, 0.4) is 0 Å². The molecule has 1 amide bonds. The summed E-state index contributed by atoms with van der Waals surface area (Å²) in [6.45, 7) is 7.68. The van der Waals surface area contributed by atoms with Crippen molar-refractivity contribution in [1.29, 1.82) is 0 Å². The lowest BCUT2D eigenvalue weighted by Gasteiger charge is -2.19. The minimum atomic E-state index is -3.81. The van der Waals surface area contributed by atoms with Gasteiger partial charge in [-0.15, -0.1) is 0 Å². The van der Waals surface area contributed by atoms with E-state index in [9.17, 15) is 13.2 Å². The van der Waals surface area contributed by atoms with E-state index in [1.54, 1.807) is 18.3 Å². The van der Waals surface area contributed by atoms with Gasteiger partial charge in [-0.1, -0.05) is 55.8 Å². The van der Waals surface area contributed by atoms with E-state index in [0.717, 1.165) is 16.7 Å². The molecule has 0 fully saturated rings. The van der Waals surface area contributed by atoms with Crippen molar-refractivity contribution in [3.05, 3.63) is 65.2 Å². The Morgan fingerprint density at radius 2 is 1.71 bits per heavy atom. The third kappa shape index (κ3) is 6.28. The first-order chi connectivity index (χ1) is 13.2. The third-order valence-electron chi connectivity index (χ3n) is 4.22. The van der Waals surface area contributed by atoms with Crippen LogP contribution in [0.2, 0.25) is 0 Å². The van der Waals surface area contributed by atoms with Gasteiger partial charge in [-0.25, -0.2) is 13.8 Å². The molecule has 6 nitrogen and oxygen atoms in total. The average molecular weight is 402 g/mol. The smallest absolute Gasteiger partial charge is 0.258 e. The number of carbonyl (C=O) groups excluding carboxylic acids is 1. The summed E-state index contributed by atoms with van der Waals surface area (Å²) in [6.07, 6.45) is 1.91. The Kier molecular flexibility index (Phi) is 7.48. The molecule has 28 heavy (non-hydrogen) atoms. The van der Waals surface area contributed by atoms with Crippen LogP contribution in [0.4, 0.5) is 0 Å². The van der Waals surface area contributed by atoms with Gasteiger partial charge in [0.25, 0.3) is 5.91 Å². The van der Waals surface area contributed by atoms with Crippen molar-refractivity contribution in [2.24, 2.45) is 11.0 Å². The van der Waals surface area contributed by atoms with E-state index < -0.39 is 22.0 Å². The highest BCUT2D eigenvalue weighted by Gasteiger charge is 2.26. The van der Waals surface area contributed by atoms with Crippen LogP contribution in [-0.4, -0.2) is 26.6 Å². The maximum Gasteiger partial charge on any atom is 0.258 e. The molecule has 1 atom stereocenters. The maximum absolute atomic E-state index is 12.7. The second kappa shape index (κ2) is 9.61. The zero-order chi connectivity index (χ0) is 20.7. The van der Waals surface area contributed by atoms with Crippen molar-refractivity contribution in [2.75, 3.05) is 0 Å². The Bertz CT molecular complexity index is 936. The molecule has 2 rings (SSSR count). The van der Waals surface area contributed by atoms with Gasteiger partial charge in [-0.05, 0) is 49.4 Å². The largest absolute Gasteiger partial charge is 0.271 e. The number of nitrogens with one attached hydrogen (secondary N) is 2. The normalized spacial score (nSPS) is 13.0. The Morgan fingerprint density at radius 1 is 1.07 bits per heavy atom. The topological polar surface area (TPSA) is 87.6 Å². The van der Waals surface area contributed by atoms with E-state index in [4.69, 9.17) is 0 Å². The van der Waals surface area contributed by atoms with Crippen LogP contribution in [0.5, 0.6) is 0 Å². The van der Waals surface area contributed by atoms with Crippen LogP contribution in [0.15, 0.2) is 58.5 Å². The van der Waals surface area contributed by atoms with Crippen LogP contribution < -0.4 is 10.1 Å². The first-order valence-corrected chi connectivity index (χ1v) is 10.6. The first kappa shape index (κ1) is 21.8. The van der Waals surface area contributed by atoms with Gasteiger partial charge in [0.1, 0.15) is 6.04 Å². The zero-order valence-corrected chi connectivity index (χ0v) is 17.5. The molecule has 0 heterocycles. The molecule has 2 aromatic carbocycles. The summed E-state index contributed by atoms with van der Waals surface area (Å²) in [4.78, 5) is 12.7. The molecule has 0 aliphatic heterocycles. The lowest BCUT2D eigenvalue weighted by Crippen LogP contribution is -2.46. The van der Waals surface area contributed by atoms with Crippen molar-refractivity contribution in [1.82, 2.24) is 10.1 Å². The Morgan fingerprint density at radius 3 is 2.32 bits per heavy atom. The minimum Gasteiger partial charge on any atom is -0.271 e. The van der Waals surface area contributed by atoms with Crippen molar-refractivity contribution in [2.45, 2.75) is 45.1 Å². The van der Waals surface area contributed by atoms with E-state index in [0.29, 0.717) is 6.42 Å². The van der Waals surface area contributed by atoms with Gasteiger partial charge in [0.15, 0.2) is 0 Å². The highest BCUT2D eigenvalue weighted by Crippen LogP contribution is 2.13. The van der Waals surface area contributed by atoms with Gasteiger partial charge in [0.2, 0.25) is 10.0 Å². The summed E-state index contributed by atoms with van der Waals surface area (Å²) in [5.41, 5.74) is 5.32. The van der Waals surface area contributed by atoms with Gasteiger partial charge in [0, 0.05) is 0 Å². The Labute approximate surface area is 167 Å². The zero-order valence-electron chi connectivity index (χ0n) is 16.6. The second-order valence-electron chi connectivity index (χ2n) is 7.21. The molecule has 0 spiro atoms. The van der Waals surface area contributed by atoms with Crippen molar-refractivity contribution in [3.8, 4) is 0 Å². The standard InChI is InChI=1S/C21H27N3O3S/c1-15(2)13-20(24-28(26,27)19-11-9-16(3)10-12-19)21(25)23-22-14-18-8-6-5-7-17(18)4/h5-12,14-15,20,24H,13H2,1-4H3,(H,23,25)/b22-14-/t20-/m1/s1. The summed E-state index contributed by atoms with van der Waals surface area (Å²) >= 11 is 0. The highest BCUT2D eigenvalue weighted by atomic mass is 32.2. The fraction of sp³-hybridized carbons (Fsp3) is 0.333. The summed E-state index contributed by atoms with van der Waals surface area (Å²) in [6, 6.07) is 13.2. The van der Waals surface area contributed by atoms with Gasteiger partial charge in [0.05, 0.1) is 11.1 Å². The maximum atomic E-state index is 12.7. The predicted molar refractivity (Wildman–Crippen MR) is 112 cm³/mol. The summed E-state index contributed by atoms with van der Waals surface area (Å²) < 4.78 is 27.8. The Hall–Kier alpha value is -2.51. The molecule has 0 unspecified atom stereocenters. The Balaban J connectivity index is 2.12. The molecule has 0 saturated carbocycles. The molecule has 0 radical (unpaired) electrons. The third-order valence-corrected chi connectivity index (χ3v) is 5.71. The molecular formula is C21H27N3O3S. The quantitative estimate of drug-likeness (QED) is 0.526. The lowest BCUT2D eigenvalue weighted by molar-refractivity contribution is -0.123. The van der Waals surface area contributed by atoms with Crippen LogP contribution in [0, 0.1) is 19.8 Å². The molecule has 0 aliphatic carbocycles. The summed E-state index contributed by atoms with van der Waals surface area (Å²) in [5, 5.41) is 3.99. The van der Waals surface area contributed by atoms with Crippen LogP contribution in [-0.2, 0) is 14.8 Å². The average Bonchev–Trinajstić information content (AvgIpc) is 2.62. The number of hydrazone groups is 1. The van der Waals surface area contributed by atoms with E-state index in [1.165, 1.54) is 12.1 Å². The number of hydrogen-bond acceptors (Lipinski definition) is 4. The molecule has 0 aromatic heterocycles.